The molecule has 0 saturated carbocycles. The quantitative estimate of drug-likeness (QED) is 0.803. The second-order valence-corrected chi connectivity index (χ2v) is 5.83. The number of hydrogen-bond acceptors (Lipinski definition) is 2. The van der Waals surface area contributed by atoms with Crippen LogP contribution in [0.5, 0.6) is 0 Å². The highest BCUT2D eigenvalue weighted by atomic mass is 32.2. The number of nitrogens with zero attached hydrogens (tertiary/aromatic N) is 1. The number of alkyl halides is 2. The van der Waals surface area contributed by atoms with Gasteiger partial charge in [-0.25, -0.2) is 17.2 Å². The van der Waals surface area contributed by atoms with Gasteiger partial charge in [0.1, 0.15) is 5.25 Å². The van der Waals surface area contributed by atoms with E-state index in [1.165, 1.54) is 7.05 Å². The Balaban J connectivity index is 2.52. The summed E-state index contributed by atoms with van der Waals surface area (Å²) in [6, 6.07) is 6.56. The first-order valence-electron chi connectivity index (χ1n) is 4.79. The molecule has 0 aliphatic carbocycles. The molecule has 1 aromatic carbocycles. The summed E-state index contributed by atoms with van der Waals surface area (Å²) in [5.74, 6) is 0. The van der Waals surface area contributed by atoms with Crippen LogP contribution in [0.2, 0.25) is 0 Å². The van der Waals surface area contributed by atoms with E-state index in [4.69, 9.17) is 0 Å². The van der Waals surface area contributed by atoms with Gasteiger partial charge in [-0.2, -0.15) is 0 Å². The zero-order valence-corrected chi connectivity index (χ0v) is 9.42. The maximum Gasteiger partial charge on any atom is 0.242 e. The summed E-state index contributed by atoms with van der Waals surface area (Å²) in [4.78, 5) is 0. The van der Waals surface area contributed by atoms with Crippen LogP contribution in [0.1, 0.15) is 17.2 Å². The van der Waals surface area contributed by atoms with Crippen LogP contribution in [0.25, 0.3) is 0 Å². The van der Waals surface area contributed by atoms with Crippen LogP contribution < -0.4 is 4.31 Å². The Morgan fingerprint density at radius 1 is 1.38 bits per heavy atom. The molecular weight excluding hydrogens is 236 g/mol. The summed E-state index contributed by atoms with van der Waals surface area (Å²) in [6.45, 7) is 0. The van der Waals surface area contributed by atoms with E-state index >= 15 is 0 Å². The smallest absolute Gasteiger partial charge is 0.242 e. The van der Waals surface area contributed by atoms with Crippen LogP contribution in [-0.4, -0.2) is 21.9 Å². The molecule has 1 aliphatic rings. The number of hydrogen-bond donors (Lipinski definition) is 0. The number of sulfonamides is 1. The van der Waals surface area contributed by atoms with E-state index in [-0.39, 0.29) is 0 Å². The fourth-order valence-corrected chi connectivity index (χ4v) is 3.68. The molecule has 0 saturated heterocycles. The van der Waals surface area contributed by atoms with Gasteiger partial charge in [-0.3, -0.25) is 4.31 Å². The third-order valence-corrected chi connectivity index (χ3v) is 4.88. The second-order valence-electron chi connectivity index (χ2n) is 3.69. The van der Waals surface area contributed by atoms with E-state index < -0.39 is 28.1 Å². The van der Waals surface area contributed by atoms with Crippen molar-refractivity contribution >= 4 is 15.7 Å². The highest BCUT2D eigenvalue weighted by molar-refractivity contribution is 7.93. The minimum Gasteiger partial charge on any atom is -0.272 e. The Morgan fingerprint density at radius 3 is 2.62 bits per heavy atom. The summed E-state index contributed by atoms with van der Waals surface area (Å²) >= 11 is 0. The molecule has 3 nitrogen and oxygen atoms in total. The third-order valence-electron chi connectivity index (χ3n) is 2.76. The number of benzene rings is 1. The van der Waals surface area contributed by atoms with E-state index in [1.807, 2.05) is 0 Å². The van der Waals surface area contributed by atoms with Gasteiger partial charge in [-0.15, -0.1) is 0 Å². The maximum absolute atomic E-state index is 12.4. The molecule has 1 aromatic rings. The standard InChI is InChI=1S/C10H11F2NO2S/c1-13-8-5-3-2-4-7(8)9(6-10(11)12)16(13,14)15/h2-5,9-10H,6H2,1H3. The van der Waals surface area contributed by atoms with Crippen molar-refractivity contribution in [2.45, 2.75) is 18.1 Å². The zero-order valence-electron chi connectivity index (χ0n) is 8.60. The number of anilines is 1. The molecule has 16 heavy (non-hydrogen) atoms. The lowest BCUT2D eigenvalue weighted by atomic mass is 10.1. The number of rotatable bonds is 2. The van der Waals surface area contributed by atoms with E-state index in [0.717, 1.165) is 4.31 Å². The number of fused-ring (bicyclic) bond motifs is 1. The van der Waals surface area contributed by atoms with E-state index in [0.29, 0.717) is 11.3 Å². The molecule has 0 aromatic heterocycles. The largest absolute Gasteiger partial charge is 0.272 e. The van der Waals surface area contributed by atoms with Gasteiger partial charge in [0.05, 0.1) is 5.69 Å². The van der Waals surface area contributed by atoms with Crippen molar-refractivity contribution in [3.63, 3.8) is 0 Å². The predicted molar refractivity (Wildman–Crippen MR) is 57.1 cm³/mol. The third kappa shape index (κ3) is 1.57. The van der Waals surface area contributed by atoms with Gasteiger partial charge in [0.15, 0.2) is 0 Å². The summed E-state index contributed by atoms with van der Waals surface area (Å²) in [6.07, 6.45) is -3.27. The highest BCUT2D eigenvalue weighted by Crippen LogP contribution is 2.44. The molecular formula is C10H11F2NO2S. The summed E-state index contributed by atoms with van der Waals surface area (Å²) < 4.78 is 49.6. The first-order valence-corrected chi connectivity index (χ1v) is 6.29. The fourth-order valence-electron chi connectivity index (χ4n) is 1.95. The maximum atomic E-state index is 12.4. The Kier molecular flexibility index (Phi) is 2.61. The monoisotopic (exact) mass is 247 g/mol. The average molecular weight is 247 g/mol. The van der Waals surface area contributed by atoms with E-state index in [1.54, 1.807) is 24.3 Å². The molecule has 1 unspecified atom stereocenters. The molecule has 6 heteroatoms. The molecule has 0 bridgehead atoms. The first kappa shape index (κ1) is 11.3. The Morgan fingerprint density at radius 2 is 2.00 bits per heavy atom. The van der Waals surface area contributed by atoms with Crippen LogP contribution >= 0.6 is 0 Å². The van der Waals surface area contributed by atoms with Crippen LogP contribution in [0, 0.1) is 0 Å². The minimum absolute atomic E-state index is 0.463. The lowest BCUT2D eigenvalue weighted by Gasteiger charge is -2.13. The van der Waals surface area contributed by atoms with Gasteiger partial charge in [0, 0.05) is 13.5 Å². The second kappa shape index (κ2) is 3.69. The summed E-state index contributed by atoms with van der Waals surface area (Å²) in [5.41, 5.74) is 0.957. The molecule has 2 rings (SSSR count). The van der Waals surface area contributed by atoms with Crippen molar-refractivity contribution < 1.29 is 17.2 Å². The van der Waals surface area contributed by atoms with E-state index in [2.05, 4.69) is 0 Å². The number of halogens is 2. The SMILES string of the molecule is CN1c2ccccc2C(CC(F)F)S1(=O)=O. The fraction of sp³-hybridized carbons (Fsp3) is 0.400. The lowest BCUT2D eigenvalue weighted by Crippen LogP contribution is -2.25. The van der Waals surface area contributed by atoms with Crippen LogP contribution in [0.4, 0.5) is 14.5 Å². The van der Waals surface area contributed by atoms with Gasteiger partial charge >= 0.3 is 0 Å². The van der Waals surface area contributed by atoms with Crippen molar-refractivity contribution in [2.24, 2.45) is 0 Å². The molecule has 0 fully saturated rings. The minimum atomic E-state index is -3.67. The van der Waals surface area contributed by atoms with Gasteiger partial charge < -0.3 is 0 Å². The lowest BCUT2D eigenvalue weighted by molar-refractivity contribution is 0.136. The predicted octanol–water partition coefficient (Wildman–Crippen LogP) is 2.16. The molecule has 0 N–H and O–H groups in total. The molecule has 1 atom stereocenters. The van der Waals surface area contributed by atoms with Gasteiger partial charge in [-0.1, -0.05) is 18.2 Å². The van der Waals surface area contributed by atoms with Crippen LogP contribution in [0.15, 0.2) is 24.3 Å². The summed E-state index contributed by atoms with van der Waals surface area (Å²) in [7, 11) is -2.28. The molecule has 0 spiro atoms. The van der Waals surface area contributed by atoms with Crippen molar-refractivity contribution in [1.29, 1.82) is 0 Å². The zero-order chi connectivity index (χ0) is 11.9. The number of para-hydroxylation sites is 1. The Labute approximate surface area is 92.7 Å². The topological polar surface area (TPSA) is 37.4 Å². The van der Waals surface area contributed by atoms with Crippen molar-refractivity contribution in [2.75, 3.05) is 11.4 Å². The first-order chi connectivity index (χ1) is 7.44. The molecule has 1 aliphatic heterocycles. The van der Waals surface area contributed by atoms with Crippen LogP contribution in [-0.2, 0) is 10.0 Å². The molecule has 0 radical (unpaired) electrons. The molecule has 0 amide bonds. The normalized spacial score (nSPS) is 22.5. The van der Waals surface area contributed by atoms with E-state index in [9.17, 15) is 17.2 Å². The average Bonchev–Trinajstić information content (AvgIpc) is 2.40. The Hall–Kier alpha value is -1.17. The van der Waals surface area contributed by atoms with Crippen molar-refractivity contribution in [3.05, 3.63) is 29.8 Å². The Bertz CT molecular complexity index is 501. The van der Waals surface area contributed by atoms with Gasteiger partial charge in [0.25, 0.3) is 0 Å². The van der Waals surface area contributed by atoms with Crippen molar-refractivity contribution in [1.82, 2.24) is 0 Å². The molecule has 1 heterocycles. The van der Waals surface area contributed by atoms with Gasteiger partial charge in [-0.05, 0) is 11.6 Å². The summed E-state index contributed by atoms with van der Waals surface area (Å²) in [5, 5.41) is -1.12. The van der Waals surface area contributed by atoms with Gasteiger partial charge in [0.2, 0.25) is 16.4 Å². The van der Waals surface area contributed by atoms with Crippen LogP contribution in [0.3, 0.4) is 0 Å². The van der Waals surface area contributed by atoms with Crippen molar-refractivity contribution in [3.8, 4) is 0 Å². The highest BCUT2D eigenvalue weighted by Gasteiger charge is 2.41. The molecule has 88 valence electrons.